The smallest absolute Gasteiger partial charge is 0.245 e. The van der Waals surface area contributed by atoms with Gasteiger partial charge in [0.2, 0.25) is 11.0 Å². The van der Waals surface area contributed by atoms with Crippen LogP contribution in [0.3, 0.4) is 0 Å². The van der Waals surface area contributed by atoms with Gasteiger partial charge in [0.25, 0.3) is 0 Å². The van der Waals surface area contributed by atoms with Crippen LogP contribution in [0.1, 0.15) is 30.4 Å². The first-order valence-corrected chi connectivity index (χ1v) is 13.7. The van der Waals surface area contributed by atoms with Gasteiger partial charge in [0.15, 0.2) is 10.1 Å². The van der Waals surface area contributed by atoms with E-state index in [1.165, 1.54) is 23.1 Å². The number of nitrogens with one attached hydrogen (secondary N) is 1. The molecule has 1 spiro atoms. The highest BCUT2D eigenvalue weighted by atomic mass is 35.5. The Hall–Kier alpha value is -3.65. The van der Waals surface area contributed by atoms with Gasteiger partial charge >= 0.3 is 0 Å². The summed E-state index contributed by atoms with van der Waals surface area (Å²) in [6.45, 7) is 0. The van der Waals surface area contributed by atoms with Crippen molar-refractivity contribution in [1.29, 1.82) is 5.26 Å². The Morgan fingerprint density at radius 2 is 1.95 bits per heavy atom. The molecule has 1 aliphatic carbocycles. The van der Waals surface area contributed by atoms with E-state index in [0.29, 0.717) is 55.6 Å². The molecule has 1 unspecified atom stereocenters. The molecular formula is C26H19ClN6O2S2. The molecule has 3 heterocycles. The molecule has 3 aliphatic rings. The molecular weight excluding hydrogens is 528 g/mol. The van der Waals surface area contributed by atoms with Gasteiger partial charge in [-0.15, -0.1) is 10.2 Å². The van der Waals surface area contributed by atoms with E-state index in [1.807, 2.05) is 24.3 Å². The van der Waals surface area contributed by atoms with Crippen LogP contribution in [0.5, 0.6) is 0 Å². The van der Waals surface area contributed by atoms with Gasteiger partial charge in [-0.1, -0.05) is 71.1 Å². The molecule has 1 aromatic heterocycles. The number of nitriles is 1. The van der Waals surface area contributed by atoms with Crippen molar-refractivity contribution in [2.24, 2.45) is 5.73 Å². The summed E-state index contributed by atoms with van der Waals surface area (Å²) in [5, 5.41) is 23.0. The lowest BCUT2D eigenvalue weighted by Crippen LogP contribution is -2.50. The van der Waals surface area contributed by atoms with Crippen LogP contribution in [-0.4, -0.2) is 21.9 Å². The van der Waals surface area contributed by atoms with E-state index in [1.54, 1.807) is 29.2 Å². The predicted octanol–water partition coefficient (Wildman–Crippen LogP) is 4.89. The van der Waals surface area contributed by atoms with Gasteiger partial charge in [-0.2, -0.15) is 5.26 Å². The fourth-order valence-electron chi connectivity index (χ4n) is 5.27. The molecule has 3 N–H and O–H groups in total. The van der Waals surface area contributed by atoms with E-state index in [0.717, 1.165) is 5.56 Å². The number of carbonyl (C=O) groups is 2. The molecule has 37 heavy (non-hydrogen) atoms. The molecule has 2 aromatic carbocycles. The largest absolute Gasteiger partial charge is 0.384 e. The van der Waals surface area contributed by atoms with Crippen molar-refractivity contribution in [2.45, 2.75) is 34.8 Å². The fourth-order valence-corrected chi connectivity index (χ4v) is 7.44. The Labute approximate surface area is 225 Å². The lowest BCUT2D eigenvalue weighted by atomic mass is 9.64. The molecule has 0 fully saturated rings. The van der Waals surface area contributed by atoms with Crippen molar-refractivity contribution >= 4 is 57.2 Å². The van der Waals surface area contributed by atoms with Gasteiger partial charge in [-0.05, 0) is 30.5 Å². The van der Waals surface area contributed by atoms with Gasteiger partial charge < -0.3 is 11.1 Å². The summed E-state index contributed by atoms with van der Waals surface area (Å²) < 4.78 is 0.690. The van der Waals surface area contributed by atoms with Crippen molar-refractivity contribution in [3.8, 4) is 6.07 Å². The minimum absolute atomic E-state index is 0.0180. The number of amides is 1. The number of Topliss-reactive ketones (excluding diaryl/α,β-unsaturated/α-hetero) is 1. The van der Waals surface area contributed by atoms with Crippen LogP contribution < -0.4 is 16.0 Å². The van der Waals surface area contributed by atoms with E-state index in [4.69, 9.17) is 17.3 Å². The highest BCUT2D eigenvalue weighted by Gasteiger charge is 2.60. The Kier molecular flexibility index (Phi) is 5.79. The van der Waals surface area contributed by atoms with Crippen LogP contribution >= 0.6 is 34.7 Å². The number of benzene rings is 2. The zero-order valence-electron chi connectivity index (χ0n) is 19.3. The number of fused-ring (bicyclic) bond motifs is 3. The molecule has 2 aliphatic heterocycles. The number of aromatic nitrogens is 2. The first-order valence-electron chi connectivity index (χ1n) is 11.5. The fraction of sp³-hybridized carbons (Fsp3) is 0.192. The second kappa shape index (κ2) is 9.03. The molecule has 0 radical (unpaired) electrons. The molecule has 0 bridgehead atoms. The molecule has 8 nitrogen and oxygen atoms in total. The summed E-state index contributed by atoms with van der Waals surface area (Å²) in [5.74, 6) is 0.0805. The highest BCUT2D eigenvalue weighted by Crippen LogP contribution is 2.55. The highest BCUT2D eigenvalue weighted by molar-refractivity contribution is 8.00. The number of nitrogens with two attached hydrogens (primary N) is 1. The van der Waals surface area contributed by atoms with Gasteiger partial charge in [-0.25, -0.2) is 0 Å². The normalized spacial score (nSPS) is 20.7. The van der Waals surface area contributed by atoms with Crippen molar-refractivity contribution in [1.82, 2.24) is 10.2 Å². The van der Waals surface area contributed by atoms with Crippen molar-refractivity contribution in [2.75, 3.05) is 10.2 Å². The second-order valence-corrected chi connectivity index (χ2v) is 11.4. The van der Waals surface area contributed by atoms with Crippen LogP contribution in [0.4, 0.5) is 10.8 Å². The van der Waals surface area contributed by atoms with Gasteiger partial charge in [-0.3, -0.25) is 14.5 Å². The molecule has 11 heteroatoms. The quantitative estimate of drug-likeness (QED) is 0.443. The lowest BCUT2D eigenvalue weighted by molar-refractivity contribution is -0.122. The molecule has 1 atom stereocenters. The van der Waals surface area contributed by atoms with Crippen LogP contribution in [0.2, 0.25) is 5.02 Å². The molecule has 3 aromatic rings. The Bertz CT molecular complexity index is 1590. The summed E-state index contributed by atoms with van der Waals surface area (Å²) in [5.41, 5.74) is 8.11. The summed E-state index contributed by atoms with van der Waals surface area (Å²) in [6, 6.07) is 16.9. The SMILES string of the molecule is N#CC1=C(N)N(c2nnc(SCc3ccccc3Cl)s2)C2=C(C(=O)CCC2)C12C(=O)Nc1ccccc12. The Morgan fingerprint density at radius 1 is 1.16 bits per heavy atom. The summed E-state index contributed by atoms with van der Waals surface area (Å²) in [4.78, 5) is 28.8. The number of nitrogens with zero attached hydrogens (tertiary/aromatic N) is 4. The maximum atomic E-state index is 13.6. The van der Waals surface area contributed by atoms with Gasteiger partial charge in [0, 0.05) is 39.7 Å². The molecule has 6 rings (SSSR count). The van der Waals surface area contributed by atoms with Crippen LogP contribution in [0, 0.1) is 11.3 Å². The number of para-hydroxylation sites is 1. The first-order chi connectivity index (χ1) is 18.0. The number of rotatable bonds is 4. The molecule has 0 saturated heterocycles. The van der Waals surface area contributed by atoms with Crippen LogP contribution in [-0.2, 0) is 20.8 Å². The van der Waals surface area contributed by atoms with Crippen molar-refractivity contribution in [3.05, 3.63) is 87.3 Å². The van der Waals surface area contributed by atoms with E-state index in [-0.39, 0.29) is 23.6 Å². The minimum atomic E-state index is -1.58. The van der Waals surface area contributed by atoms with E-state index >= 15 is 0 Å². The third-order valence-electron chi connectivity index (χ3n) is 6.83. The van der Waals surface area contributed by atoms with E-state index in [2.05, 4.69) is 21.6 Å². The van der Waals surface area contributed by atoms with E-state index in [9.17, 15) is 14.9 Å². The molecule has 0 saturated carbocycles. The second-order valence-electron chi connectivity index (χ2n) is 8.79. The maximum Gasteiger partial charge on any atom is 0.245 e. The number of anilines is 2. The number of halogens is 1. The monoisotopic (exact) mass is 546 g/mol. The number of thioether (sulfide) groups is 1. The summed E-state index contributed by atoms with van der Waals surface area (Å²) >= 11 is 9.08. The maximum absolute atomic E-state index is 13.6. The first kappa shape index (κ1) is 23.7. The van der Waals surface area contributed by atoms with Crippen LogP contribution in [0.15, 0.2) is 75.5 Å². The Balaban J connectivity index is 1.46. The van der Waals surface area contributed by atoms with Gasteiger partial charge in [0.1, 0.15) is 17.3 Å². The minimum Gasteiger partial charge on any atom is -0.384 e. The van der Waals surface area contributed by atoms with E-state index < -0.39 is 11.3 Å². The molecule has 184 valence electrons. The number of ketones is 1. The zero-order chi connectivity index (χ0) is 25.7. The predicted molar refractivity (Wildman–Crippen MR) is 143 cm³/mol. The van der Waals surface area contributed by atoms with Crippen LogP contribution in [0.25, 0.3) is 0 Å². The standard InChI is InChI=1S/C26H19ClN6O2S2/c27-17-8-3-1-6-14(17)13-36-25-32-31-24(37-25)33-19-10-5-11-20(34)21(19)26(16(12-28)22(33)29)15-7-2-4-9-18(15)30-23(26)35/h1-4,6-9H,5,10-11,13,29H2,(H,30,35). The number of carbonyl (C=O) groups excluding carboxylic acids is 2. The van der Waals surface area contributed by atoms with Crippen molar-refractivity contribution in [3.63, 3.8) is 0 Å². The Morgan fingerprint density at radius 3 is 2.76 bits per heavy atom. The van der Waals surface area contributed by atoms with Gasteiger partial charge in [0.05, 0.1) is 5.57 Å². The summed E-state index contributed by atoms with van der Waals surface area (Å²) in [6.07, 6.45) is 1.41. The number of hydrogen-bond donors (Lipinski definition) is 2. The third-order valence-corrected chi connectivity index (χ3v) is 9.29. The zero-order valence-corrected chi connectivity index (χ0v) is 21.7. The number of hydrogen-bond acceptors (Lipinski definition) is 9. The lowest BCUT2D eigenvalue weighted by Gasteiger charge is -2.42. The molecule has 1 amide bonds. The average Bonchev–Trinajstić information content (AvgIpc) is 3.47. The third kappa shape index (κ3) is 3.49. The average molecular weight is 547 g/mol. The number of allylic oxidation sites excluding steroid dienone is 1. The van der Waals surface area contributed by atoms with Crippen molar-refractivity contribution < 1.29 is 9.59 Å². The summed E-state index contributed by atoms with van der Waals surface area (Å²) in [7, 11) is 0. The topological polar surface area (TPSA) is 125 Å².